The molecule has 0 N–H and O–H groups in total. The van der Waals surface area contributed by atoms with Crippen LogP contribution in [0.2, 0.25) is 0 Å². The Kier molecular flexibility index (Phi) is 25.3. The van der Waals surface area contributed by atoms with Gasteiger partial charge in [0, 0.05) is 6.42 Å². The largest absolute Gasteiger partial charge is 0.469 e. The Hall–Kier alpha value is -1.57. The van der Waals surface area contributed by atoms with Gasteiger partial charge in [-0.1, -0.05) is 82.1 Å². The molecule has 0 radical (unpaired) electrons. The van der Waals surface area contributed by atoms with Crippen LogP contribution >= 0.6 is 0 Å². The summed E-state index contributed by atoms with van der Waals surface area (Å²) >= 11 is 0. The van der Waals surface area contributed by atoms with E-state index < -0.39 is 0 Å². The van der Waals surface area contributed by atoms with Gasteiger partial charge >= 0.3 is 5.97 Å². The second kappa shape index (κ2) is 24.7. The molecule has 0 aliphatic rings. The molecule has 144 valence electrons. The summed E-state index contributed by atoms with van der Waals surface area (Å²) in [5.41, 5.74) is 0. The second-order valence-corrected chi connectivity index (χ2v) is 5.94. The Labute approximate surface area is 156 Å². The number of allylic oxidation sites excluding steroid dienone is 7. The summed E-state index contributed by atoms with van der Waals surface area (Å²) in [6.07, 6.45) is 27.4. The highest BCUT2D eigenvalue weighted by Crippen LogP contribution is 2.01. The van der Waals surface area contributed by atoms with Crippen molar-refractivity contribution in [3.8, 4) is 0 Å². The summed E-state index contributed by atoms with van der Waals surface area (Å²) in [6, 6.07) is 0. The molecule has 0 heterocycles. The third-order valence-corrected chi connectivity index (χ3v) is 3.53. The van der Waals surface area contributed by atoms with E-state index in [2.05, 4.69) is 61.6 Å². The summed E-state index contributed by atoms with van der Waals surface area (Å²) in [4.78, 5) is 10.5. The molecule has 0 rings (SSSR count). The van der Waals surface area contributed by atoms with Gasteiger partial charge in [-0.25, -0.2) is 0 Å². The van der Waals surface area contributed by atoms with Gasteiger partial charge in [0.2, 0.25) is 0 Å². The van der Waals surface area contributed by atoms with E-state index in [1.807, 2.05) is 6.08 Å². The summed E-state index contributed by atoms with van der Waals surface area (Å²) in [5, 5.41) is 0. The van der Waals surface area contributed by atoms with E-state index in [1.165, 1.54) is 32.8 Å². The van der Waals surface area contributed by atoms with E-state index in [-0.39, 0.29) is 5.97 Å². The van der Waals surface area contributed by atoms with Crippen LogP contribution in [0.1, 0.15) is 84.5 Å². The number of unbranched alkanes of at least 4 members (excludes halogenated alkanes) is 5. The zero-order valence-corrected chi connectivity index (χ0v) is 16.8. The maximum Gasteiger partial charge on any atom is 0.305 e. The van der Waals surface area contributed by atoms with Crippen molar-refractivity contribution in [2.24, 2.45) is 0 Å². The third kappa shape index (κ3) is 27.6. The van der Waals surface area contributed by atoms with Crippen molar-refractivity contribution in [3.63, 3.8) is 0 Å². The van der Waals surface area contributed by atoms with Gasteiger partial charge in [-0.15, -0.1) is 6.58 Å². The lowest BCUT2D eigenvalue weighted by molar-refractivity contribution is -0.140. The fraction of sp³-hybridized carbons (Fsp3) is 0.609. The number of carbonyl (C=O) groups excluding carboxylic acids is 1. The molecule has 0 spiro atoms. The summed E-state index contributed by atoms with van der Waals surface area (Å²) in [7, 11) is 1.42. The number of hydrogen-bond acceptors (Lipinski definition) is 2. The van der Waals surface area contributed by atoms with Crippen molar-refractivity contribution in [2.45, 2.75) is 84.5 Å². The number of rotatable bonds is 14. The highest BCUT2D eigenvalue weighted by atomic mass is 16.5. The maximum atomic E-state index is 10.5. The Bertz CT molecular complexity index is 364. The molecule has 0 fully saturated rings. The standard InChI is InChI=1S/C16H26.C7H14O2/c1-3-5-7-9-11-13-15-16-14-12-10-8-6-4-2;1-3-4-5-6-7(8)9-2/h3,7,9,12-15H,1,4-6,8,10-11,16H2,2H3;3-6H2,1-2H3/b9-7+,14-12+,15-13+;. The lowest BCUT2D eigenvalue weighted by Crippen LogP contribution is -1.98. The fourth-order valence-electron chi connectivity index (χ4n) is 1.99. The Balaban J connectivity index is 0. The topological polar surface area (TPSA) is 26.3 Å². The molecule has 0 saturated carbocycles. The number of hydrogen-bond donors (Lipinski definition) is 0. The van der Waals surface area contributed by atoms with Gasteiger partial charge in [0.25, 0.3) is 0 Å². The highest BCUT2D eigenvalue weighted by molar-refractivity contribution is 5.68. The minimum atomic E-state index is -0.0940. The third-order valence-electron chi connectivity index (χ3n) is 3.53. The molecule has 0 saturated heterocycles. The Morgan fingerprint density at radius 1 is 0.800 bits per heavy atom. The monoisotopic (exact) mass is 348 g/mol. The Morgan fingerprint density at radius 2 is 1.32 bits per heavy atom. The predicted octanol–water partition coefficient (Wildman–Crippen LogP) is 7.33. The van der Waals surface area contributed by atoms with Crippen LogP contribution in [-0.4, -0.2) is 13.1 Å². The molecular weight excluding hydrogens is 308 g/mol. The van der Waals surface area contributed by atoms with Crippen LogP contribution < -0.4 is 0 Å². The van der Waals surface area contributed by atoms with E-state index in [0.29, 0.717) is 6.42 Å². The van der Waals surface area contributed by atoms with Crippen molar-refractivity contribution < 1.29 is 9.53 Å². The van der Waals surface area contributed by atoms with Crippen molar-refractivity contribution in [1.29, 1.82) is 0 Å². The van der Waals surface area contributed by atoms with Gasteiger partial charge in [0.1, 0.15) is 0 Å². The average molecular weight is 349 g/mol. The maximum absolute atomic E-state index is 10.5. The van der Waals surface area contributed by atoms with Gasteiger partial charge in [-0.3, -0.25) is 4.79 Å². The van der Waals surface area contributed by atoms with Gasteiger partial charge in [0.05, 0.1) is 7.11 Å². The first kappa shape index (κ1) is 25.7. The van der Waals surface area contributed by atoms with Crippen LogP contribution in [0, 0.1) is 0 Å². The van der Waals surface area contributed by atoms with Crippen molar-refractivity contribution in [1.82, 2.24) is 0 Å². The minimum Gasteiger partial charge on any atom is -0.469 e. The number of methoxy groups -OCH3 is 1. The molecule has 0 aliphatic carbocycles. The zero-order chi connectivity index (χ0) is 19.0. The molecule has 2 nitrogen and oxygen atoms in total. The van der Waals surface area contributed by atoms with E-state index in [1.54, 1.807) is 0 Å². The summed E-state index contributed by atoms with van der Waals surface area (Å²) < 4.78 is 4.46. The van der Waals surface area contributed by atoms with Crippen LogP contribution in [0.25, 0.3) is 0 Å². The molecule has 25 heavy (non-hydrogen) atoms. The zero-order valence-electron chi connectivity index (χ0n) is 16.8. The summed E-state index contributed by atoms with van der Waals surface area (Å²) in [5.74, 6) is -0.0940. The SMILES string of the molecule is C=CC/C=C/C/C=C/C/C=C/CCCCC.CCCCCC(=O)OC. The average Bonchev–Trinajstić information content (AvgIpc) is 2.63. The summed E-state index contributed by atoms with van der Waals surface area (Å²) in [6.45, 7) is 8.02. The van der Waals surface area contributed by atoms with Crippen LogP contribution in [0.5, 0.6) is 0 Å². The molecule has 2 heteroatoms. The molecule has 0 aromatic heterocycles. The van der Waals surface area contributed by atoms with Crippen LogP contribution in [0.4, 0.5) is 0 Å². The minimum absolute atomic E-state index is 0.0940. The highest BCUT2D eigenvalue weighted by Gasteiger charge is 1.96. The van der Waals surface area contributed by atoms with Gasteiger partial charge in [0.15, 0.2) is 0 Å². The fourth-order valence-corrected chi connectivity index (χ4v) is 1.99. The lowest BCUT2D eigenvalue weighted by atomic mass is 10.2. The van der Waals surface area contributed by atoms with Crippen LogP contribution in [0.3, 0.4) is 0 Å². The first-order chi connectivity index (χ1) is 12.2. The first-order valence-corrected chi connectivity index (χ1v) is 9.85. The Morgan fingerprint density at radius 3 is 1.84 bits per heavy atom. The second-order valence-electron chi connectivity index (χ2n) is 5.94. The van der Waals surface area contributed by atoms with Gasteiger partial charge < -0.3 is 4.74 Å². The van der Waals surface area contributed by atoms with E-state index in [4.69, 9.17) is 0 Å². The predicted molar refractivity (Wildman–Crippen MR) is 112 cm³/mol. The van der Waals surface area contributed by atoms with Crippen molar-refractivity contribution >= 4 is 5.97 Å². The lowest BCUT2D eigenvalue weighted by Gasteiger charge is -1.95. The van der Waals surface area contributed by atoms with E-state index >= 15 is 0 Å². The molecular formula is C23H40O2. The van der Waals surface area contributed by atoms with Gasteiger partial charge in [-0.2, -0.15) is 0 Å². The van der Waals surface area contributed by atoms with Crippen LogP contribution in [-0.2, 0) is 9.53 Å². The molecule has 0 bridgehead atoms. The van der Waals surface area contributed by atoms with E-state index in [0.717, 1.165) is 38.5 Å². The molecule has 0 aliphatic heterocycles. The number of esters is 1. The van der Waals surface area contributed by atoms with Crippen molar-refractivity contribution in [3.05, 3.63) is 49.1 Å². The first-order valence-electron chi connectivity index (χ1n) is 9.85. The normalized spacial score (nSPS) is 11.0. The molecule has 0 aromatic rings. The molecule has 0 unspecified atom stereocenters. The number of ether oxygens (including phenoxy) is 1. The van der Waals surface area contributed by atoms with Crippen molar-refractivity contribution in [2.75, 3.05) is 7.11 Å². The molecule has 0 amide bonds. The van der Waals surface area contributed by atoms with Crippen LogP contribution in [0.15, 0.2) is 49.1 Å². The smallest absolute Gasteiger partial charge is 0.305 e. The molecule has 0 aromatic carbocycles. The quantitative estimate of drug-likeness (QED) is 0.186. The van der Waals surface area contributed by atoms with Gasteiger partial charge in [-0.05, 0) is 38.5 Å². The number of carbonyl (C=O) groups is 1. The van der Waals surface area contributed by atoms with E-state index in [9.17, 15) is 4.79 Å². The molecule has 0 atom stereocenters.